The van der Waals surface area contributed by atoms with Crippen LogP contribution in [0.15, 0.2) is 34.9 Å². The molecule has 0 radical (unpaired) electrons. The maximum Gasteiger partial charge on any atom is 0.0815 e. The lowest BCUT2D eigenvalue weighted by atomic mass is 10.2. The Morgan fingerprint density at radius 1 is 1.38 bits per heavy atom. The maximum absolute atomic E-state index is 4.32. The average Bonchev–Trinajstić information content (AvgIpc) is 2.63. The molecule has 84 valence electrons. The lowest BCUT2D eigenvalue weighted by molar-refractivity contribution is 0.747. The predicted octanol–water partition coefficient (Wildman–Crippen LogP) is 3.10. The molecule has 0 spiro atoms. The number of hydrogen-bond acceptors (Lipinski definition) is 2. The highest BCUT2D eigenvalue weighted by molar-refractivity contribution is 9.10. The van der Waals surface area contributed by atoms with Gasteiger partial charge in [-0.2, -0.15) is 5.10 Å². The summed E-state index contributed by atoms with van der Waals surface area (Å²) in [4.78, 5) is 0. The number of benzene rings is 1. The first-order chi connectivity index (χ1) is 7.65. The molecule has 2 aromatic rings. The van der Waals surface area contributed by atoms with Crippen molar-refractivity contribution in [3.63, 3.8) is 0 Å². The molecular formula is C12H14BrN3. The van der Waals surface area contributed by atoms with Crippen LogP contribution >= 0.6 is 15.9 Å². The molecule has 0 aliphatic heterocycles. The van der Waals surface area contributed by atoms with E-state index >= 15 is 0 Å². The van der Waals surface area contributed by atoms with E-state index in [-0.39, 0.29) is 0 Å². The minimum Gasteiger partial charge on any atom is -0.379 e. The summed E-state index contributed by atoms with van der Waals surface area (Å²) >= 11 is 3.45. The van der Waals surface area contributed by atoms with Gasteiger partial charge in [0, 0.05) is 23.4 Å². The summed E-state index contributed by atoms with van der Waals surface area (Å²) in [6.45, 7) is 2.84. The third kappa shape index (κ3) is 2.64. The quantitative estimate of drug-likeness (QED) is 0.936. The van der Waals surface area contributed by atoms with Gasteiger partial charge in [-0.05, 0) is 36.8 Å². The summed E-state index contributed by atoms with van der Waals surface area (Å²) in [5.41, 5.74) is 3.42. The fourth-order valence-corrected chi connectivity index (χ4v) is 2.04. The van der Waals surface area contributed by atoms with E-state index in [9.17, 15) is 0 Å². The second-order valence-corrected chi connectivity index (χ2v) is 4.71. The fraction of sp³-hybridized carbons (Fsp3) is 0.250. The van der Waals surface area contributed by atoms with Crippen molar-refractivity contribution in [1.82, 2.24) is 9.78 Å². The molecule has 0 unspecified atom stereocenters. The molecule has 0 amide bonds. The number of hydrogen-bond donors (Lipinski definition) is 1. The number of rotatable bonds is 3. The predicted molar refractivity (Wildman–Crippen MR) is 69.4 cm³/mol. The van der Waals surface area contributed by atoms with Gasteiger partial charge in [0.25, 0.3) is 0 Å². The number of nitrogens with one attached hydrogen (secondary N) is 1. The summed E-state index contributed by atoms with van der Waals surface area (Å²) in [6, 6.07) is 8.22. The van der Waals surface area contributed by atoms with Gasteiger partial charge in [-0.1, -0.05) is 15.9 Å². The SMILES string of the molecule is Cc1cc(Br)ccc1NCc1ccn(C)n1. The van der Waals surface area contributed by atoms with Gasteiger partial charge >= 0.3 is 0 Å². The first-order valence-electron chi connectivity index (χ1n) is 5.14. The minimum absolute atomic E-state index is 0.753. The van der Waals surface area contributed by atoms with Crippen molar-refractivity contribution in [1.29, 1.82) is 0 Å². The molecule has 0 atom stereocenters. The number of aryl methyl sites for hydroxylation is 2. The van der Waals surface area contributed by atoms with Gasteiger partial charge in [-0.3, -0.25) is 4.68 Å². The van der Waals surface area contributed by atoms with Crippen LogP contribution in [0.5, 0.6) is 0 Å². The Labute approximate surface area is 104 Å². The van der Waals surface area contributed by atoms with E-state index in [1.807, 2.05) is 30.1 Å². The van der Waals surface area contributed by atoms with Gasteiger partial charge in [0.15, 0.2) is 0 Å². The average molecular weight is 280 g/mol. The summed E-state index contributed by atoms with van der Waals surface area (Å²) < 4.78 is 2.92. The van der Waals surface area contributed by atoms with Crippen LogP contribution in [0.2, 0.25) is 0 Å². The Morgan fingerprint density at radius 3 is 2.81 bits per heavy atom. The standard InChI is InChI=1S/C12H14BrN3/c1-9-7-10(13)3-4-12(9)14-8-11-5-6-16(2)15-11/h3-7,14H,8H2,1-2H3. The molecule has 2 rings (SSSR count). The van der Waals surface area contributed by atoms with E-state index in [1.165, 1.54) is 5.56 Å². The van der Waals surface area contributed by atoms with E-state index in [0.717, 1.165) is 22.4 Å². The molecule has 1 aromatic carbocycles. The third-order valence-electron chi connectivity index (χ3n) is 2.42. The second-order valence-electron chi connectivity index (χ2n) is 3.79. The van der Waals surface area contributed by atoms with Crippen LogP contribution in [0.1, 0.15) is 11.3 Å². The van der Waals surface area contributed by atoms with Gasteiger partial charge < -0.3 is 5.32 Å². The molecule has 1 N–H and O–H groups in total. The Bertz CT molecular complexity index is 491. The van der Waals surface area contributed by atoms with Gasteiger partial charge in [0.05, 0.1) is 12.2 Å². The second kappa shape index (κ2) is 4.70. The molecule has 16 heavy (non-hydrogen) atoms. The molecule has 3 nitrogen and oxygen atoms in total. The van der Waals surface area contributed by atoms with Crippen molar-refractivity contribution in [2.75, 3.05) is 5.32 Å². The summed E-state index contributed by atoms with van der Waals surface area (Å²) in [5.74, 6) is 0. The van der Waals surface area contributed by atoms with Crippen LogP contribution in [0, 0.1) is 6.92 Å². The summed E-state index contributed by atoms with van der Waals surface area (Å²) in [7, 11) is 1.92. The van der Waals surface area contributed by atoms with Crippen molar-refractivity contribution < 1.29 is 0 Å². The summed E-state index contributed by atoms with van der Waals surface area (Å²) in [5, 5.41) is 7.69. The van der Waals surface area contributed by atoms with Crippen molar-refractivity contribution in [3.05, 3.63) is 46.2 Å². The Morgan fingerprint density at radius 2 is 2.19 bits per heavy atom. The van der Waals surface area contributed by atoms with Crippen LogP contribution in [-0.4, -0.2) is 9.78 Å². The third-order valence-corrected chi connectivity index (χ3v) is 2.91. The lowest BCUT2D eigenvalue weighted by Crippen LogP contribution is -2.02. The van der Waals surface area contributed by atoms with Crippen LogP contribution in [0.4, 0.5) is 5.69 Å². The maximum atomic E-state index is 4.32. The van der Waals surface area contributed by atoms with E-state index < -0.39 is 0 Å². The monoisotopic (exact) mass is 279 g/mol. The molecule has 0 saturated carbocycles. The van der Waals surface area contributed by atoms with Gasteiger partial charge in [0.2, 0.25) is 0 Å². The molecule has 0 bridgehead atoms. The molecule has 1 aromatic heterocycles. The number of anilines is 1. The van der Waals surface area contributed by atoms with E-state index in [4.69, 9.17) is 0 Å². The van der Waals surface area contributed by atoms with Gasteiger partial charge in [0.1, 0.15) is 0 Å². The number of nitrogens with zero attached hydrogens (tertiary/aromatic N) is 2. The lowest BCUT2D eigenvalue weighted by Gasteiger charge is -2.08. The first-order valence-corrected chi connectivity index (χ1v) is 5.93. The zero-order valence-electron chi connectivity index (χ0n) is 9.37. The minimum atomic E-state index is 0.753. The molecule has 0 saturated heterocycles. The Kier molecular flexibility index (Phi) is 3.29. The zero-order valence-corrected chi connectivity index (χ0v) is 11.0. The molecule has 0 aliphatic carbocycles. The van der Waals surface area contributed by atoms with Crippen molar-refractivity contribution in [3.8, 4) is 0 Å². The zero-order chi connectivity index (χ0) is 11.5. The van der Waals surface area contributed by atoms with E-state index in [1.54, 1.807) is 0 Å². The Hall–Kier alpha value is -1.29. The van der Waals surface area contributed by atoms with Crippen LogP contribution in [0.25, 0.3) is 0 Å². The van der Waals surface area contributed by atoms with Crippen LogP contribution in [-0.2, 0) is 13.6 Å². The molecule has 0 aliphatic rings. The molecular weight excluding hydrogens is 266 g/mol. The summed E-state index contributed by atoms with van der Waals surface area (Å²) in [6.07, 6.45) is 1.95. The van der Waals surface area contributed by atoms with Crippen molar-refractivity contribution in [2.24, 2.45) is 7.05 Å². The van der Waals surface area contributed by atoms with Crippen molar-refractivity contribution >= 4 is 21.6 Å². The topological polar surface area (TPSA) is 29.9 Å². The Balaban J connectivity index is 2.04. The molecule has 1 heterocycles. The normalized spacial score (nSPS) is 10.4. The van der Waals surface area contributed by atoms with Crippen LogP contribution in [0.3, 0.4) is 0 Å². The largest absolute Gasteiger partial charge is 0.379 e. The molecule has 0 fully saturated rings. The van der Waals surface area contributed by atoms with Crippen LogP contribution < -0.4 is 5.32 Å². The number of aromatic nitrogens is 2. The number of halogens is 1. The fourth-order valence-electron chi connectivity index (χ4n) is 1.57. The first kappa shape index (κ1) is 11.2. The van der Waals surface area contributed by atoms with E-state index in [0.29, 0.717) is 0 Å². The highest BCUT2D eigenvalue weighted by atomic mass is 79.9. The highest BCUT2D eigenvalue weighted by Gasteiger charge is 2.00. The smallest absolute Gasteiger partial charge is 0.0815 e. The van der Waals surface area contributed by atoms with Crippen molar-refractivity contribution in [2.45, 2.75) is 13.5 Å². The van der Waals surface area contributed by atoms with Gasteiger partial charge in [-0.15, -0.1) is 0 Å². The van der Waals surface area contributed by atoms with Gasteiger partial charge in [-0.25, -0.2) is 0 Å². The van der Waals surface area contributed by atoms with E-state index in [2.05, 4.69) is 45.4 Å². The highest BCUT2D eigenvalue weighted by Crippen LogP contribution is 2.20. The molecule has 4 heteroatoms.